The minimum Gasteiger partial charge on any atom is -0.381 e. The van der Waals surface area contributed by atoms with E-state index in [4.69, 9.17) is 4.74 Å². The minimum atomic E-state index is 0.780. The lowest BCUT2D eigenvalue weighted by Crippen LogP contribution is -2.18. The fourth-order valence-electron chi connectivity index (χ4n) is 2.75. The first kappa shape index (κ1) is 12.1. The fraction of sp³-hybridized carbons (Fsp3) is 0.929. The predicted octanol–water partition coefficient (Wildman–Crippen LogP) is 3.45. The van der Waals surface area contributed by atoms with E-state index in [1.807, 2.05) is 0 Å². The van der Waals surface area contributed by atoms with E-state index in [0.717, 1.165) is 31.6 Å². The van der Waals surface area contributed by atoms with Crippen molar-refractivity contribution in [1.82, 2.24) is 0 Å². The van der Waals surface area contributed by atoms with Gasteiger partial charge in [0.05, 0.1) is 0 Å². The molecule has 0 radical (unpaired) electrons. The van der Waals surface area contributed by atoms with E-state index in [1.54, 1.807) is 0 Å². The Morgan fingerprint density at radius 3 is 2.31 bits per heavy atom. The summed E-state index contributed by atoms with van der Waals surface area (Å²) in [5.41, 5.74) is 0. The Morgan fingerprint density at radius 2 is 1.62 bits per heavy atom. The topological polar surface area (TPSA) is 21.6 Å². The van der Waals surface area contributed by atoms with Crippen LogP contribution in [0.1, 0.15) is 51.4 Å². The Morgan fingerprint density at radius 1 is 0.938 bits per heavy atom. The molecule has 0 N–H and O–H groups in total. The minimum absolute atomic E-state index is 0.780. The van der Waals surface area contributed by atoms with Crippen LogP contribution in [0.4, 0.5) is 0 Å². The van der Waals surface area contributed by atoms with Crippen molar-refractivity contribution in [1.29, 1.82) is 0 Å². The van der Waals surface area contributed by atoms with Gasteiger partial charge in [-0.15, -0.1) is 0 Å². The van der Waals surface area contributed by atoms with Crippen LogP contribution in [0, 0.1) is 11.8 Å². The van der Waals surface area contributed by atoms with E-state index in [2.05, 4.69) is 11.2 Å². The summed E-state index contributed by atoms with van der Waals surface area (Å²) >= 11 is 0. The molecule has 1 aliphatic heterocycles. The molecule has 2 nitrogen and oxygen atoms in total. The fourth-order valence-corrected chi connectivity index (χ4v) is 2.75. The van der Waals surface area contributed by atoms with Gasteiger partial charge in [-0.2, -0.15) is 0 Å². The largest absolute Gasteiger partial charge is 0.381 e. The monoisotopic (exact) mass is 223 g/mol. The number of nitrogens with zero attached hydrogens (tertiary/aromatic N) is 1. The van der Waals surface area contributed by atoms with Crippen molar-refractivity contribution in [2.75, 3.05) is 19.8 Å². The maximum Gasteiger partial charge on any atom is 0.0469 e. The molecule has 1 saturated heterocycles. The first-order valence-electron chi connectivity index (χ1n) is 7.03. The van der Waals surface area contributed by atoms with Crippen molar-refractivity contribution >= 4 is 6.21 Å². The van der Waals surface area contributed by atoms with Crippen LogP contribution in [0.5, 0.6) is 0 Å². The van der Waals surface area contributed by atoms with Crippen LogP contribution in [0.25, 0.3) is 0 Å². The van der Waals surface area contributed by atoms with Gasteiger partial charge in [0.15, 0.2) is 0 Å². The quantitative estimate of drug-likeness (QED) is 0.530. The molecule has 1 aliphatic carbocycles. The molecule has 0 aromatic carbocycles. The van der Waals surface area contributed by atoms with Gasteiger partial charge in [0.25, 0.3) is 0 Å². The van der Waals surface area contributed by atoms with Crippen molar-refractivity contribution in [2.24, 2.45) is 16.8 Å². The van der Waals surface area contributed by atoms with E-state index in [1.165, 1.54) is 51.4 Å². The van der Waals surface area contributed by atoms with Crippen molar-refractivity contribution in [2.45, 2.75) is 51.4 Å². The van der Waals surface area contributed by atoms with Crippen LogP contribution in [-0.4, -0.2) is 26.0 Å². The summed E-state index contributed by atoms with van der Waals surface area (Å²) in [6.07, 6.45) is 13.1. The van der Waals surface area contributed by atoms with Gasteiger partial charge in [-0.3, -0.25) is 4.99 Å². The van der Waals surface area contributed by atoms with Gasteiger partial charge >= 0.3 is 0 Å². The third-order valence-corrected chi connectivity index (χ3v) is 3.92. The van der Waals surface area contributed by atoms with Crippen LogP contribution in [0.3, 0.4) is 0 Å². The van der Waals surface area contributed by atoms with Crippen molar-refractivity contribution in [3.8, 4) is 0 Å². The molecule has 0 aromatic heterocycles. The molecule has 0 amide bonds. The van der Waals surface area contributed by atoms with Gasteiger partial charge < -0.3 is 4.74 Å². The number of rotatable bonds is 3. The molecule has 16 heavy (non-hydrogen) atoms. The normalized spacial score (nSPS) is 26.0. The second kappa shape index (κ2) is 7.05. The third-order valence-electron chi connectivity index (χ3n) is 3.92. The Bertz CT molecular complexity index is 201. The Hall–Kier alpha value is -0.370. The lowest BCUT2D eigenvalue weighted by Gasteiger charge is -2.20. The molecule has 1 heterocycles. The summed E-state index contributed by atoms with van der Waals surface area (Å²) in [7, 11) is 0. The van der Waals surface area contributed by atoms with Crippen molar-refractivity contribution < 1.29 is 4.74 Å². The zero-order valence-electron chi connectivity index (χ0n) is 10.4. The first-order chi connectivity index (χ1) is 7.95. The number of hydrogen-bond acceptors (Lipinski definition) is 2. The maximum absolute atomic E-state index is 5.36. The second-order valence-corrected chi connectivity index (χ2v) is 5.32. The van der Waals surface area contributed by atoms with Gasteiger partial charge in [0.1, 0.15) is 0 Å². The van der Waals surface area contributed by atoms with Gasteiger partial charge in [0, 0.05) is 26.0 Å². The van der Waals surface area contributed by atoms with E-state index in [0.29, 0.717) is 0 Å². The summed E-state index contributed by atoms with van der Waals surface area (Å²) in [6, 6.07) is 0. The van der Waals surface area contributed by atoms with Crippen LogP contribution in [-0.2, 0) is 4.74 Å². The van der Waals surface area contributed by atoms with Gasteiger partial charge in [-0.25, -0.2) is 0 Å². The first-order valence-corrected chi connectivity index (χ1v) is 7.03. The molecular weight excluding hydrogens is 198 g/mol. The highest BCUT2D eigenvalue weighted by Gasteiger charge is 2.13. The lowest BCUT2D eigenvalue weighted by molar-refractivity contribution is 0.0689. The van der Waals surface area contributed by atoms with Gasteiger partial charge in [-0.05, 0) is 37.5 Å². The zero-order chi connectivity index (χ0) is 11.1. The van der Waals surface area contributed by atoms with Gasteiger partial charge in [0.2, 0.25) is 0 Å². The van der Waals surface area contributed by atoms with Crippen molar-refractivity contribution in [3.05, 3.63) is 0 Å². The molecule has 2 rings (SSSR count). The molecular formula is C14H25NO. The second-order valence-electron chi connectivity index (χ2n) is 5.32. The smallest absolute Gasteiger partial charge is 0.0469 e. The lowest BCUT2D eigenvalue weighted by atomic mass is 10.00. The number of ether oxygens (including phenoxy) is 1. The summed E-state index contributed by atoms with van der Waals surface area (Å²) < 4.78 is 5.36. The van der Waals surface area contributed by atoms with Crippen molar-refractivity contribution in [3.63, 3.8) is 0 Å². The molecule has 0 aromatic rings. The van der Waals surface area contributed by atoms with Gasteiger partial charge in [-0.1, -0.05) is 25.7 Å². The Balaban J connectivity index is 1.66. The van der Waals surface area contributed by atoms with E-state index in [-0.39, 0.29) is 0 Å². The average molecular weight is 223 g/mol. The molecule has 0 unspecified atom stereocenters. The zero-order valence-corrected chi connectivity index (χ0v) is 10.4. The molecule has 2 aliphatic rings. The summed E-state index contributed by atoms with van der Waals surface area (Å²) in [5, 5.41) is 0. The molecule has 1 saturated carbocycles. The molecule has 2 heteroatoms. The molecule has 0 atom stereocenters. The molecule has 0 spiro atoms. The Labute approximate surface area is 99.5 Å². The summed E-state index contributed by atoms with van der Waals surface area (Å²) in [5.74, 6) is 1.57. The van der Waals surface area contributed by atoms with Crippen LogP contribution in [0.15, 0.2) is 4.99 Å². The van der Waals surface area contributed by atoms with Crippen LogP contribution >= 0.6 is 0 Å². The SMILES string of the molecule is C(=N\CC1CCOCC1)/C1CCCCCC1. The molecule has 2 fully saturated rings. The van der Waals surface area contributed by atoms with E-state index < -0.39 is 0 Å². The maximum atomic E-state index is 5.36. The Kier molecular flexibility index (Phi) is 5.33. The molecule has 92 valence electrons. The number of aliphatic imine (C=N–C) groups is 1. The van der Waals surface area contributed by atoms with E-state index >= 15 is 0 Å². The predicted molar refractivity (Wildman–Crippen MR) is 68.1 cm³/mol. The highest BCUT2D eigenvalue weighted by Crippen LogP contribution is 2.21. The highest BCUT2D eigenvalue weighted by molar-refractivity contribution is 5.60. The highest BCUT2D eigenvalue weighted by atomic mass is 16.5. The van der Waals surface area contributed by atoms with Crippen LogP contribution in [0.2, 0.25) is 0 Å². The van der Waals surface area contributed by atoms with E-state index in [9.17, 15) is 0 Å². The summed E-state index contributed by atoms with van der Waals surface area (Å²) in [6.45, 7) is 2.94. The third kappa shape index (κ3) is 4.25. The average Bonchev–Trinajstić information content (AvgIpc) is 2.59. The molecule has 0 bridgehead atoms. The summed E-state index contributed by atoms with van der Waals surface area (Å²) in [4.78, 5) is 4.68. The number of hydrogen-bond donors (Lipinski definition) is 0. The standard InChI is InChI=1S/C14H25NO/c1-2-4-6-13(5-3-1)11-15-12-14-7-9-16-10-8-14/h11,13-14H,1-10,12H2/b15-11+. The van der Waals surface area contributed by atoms with Crippen LogP contribution < -0.4 is 0 Å².